The van der Waals surface area contributed by atoms with Crippen molar-refractivity contribution in [3.63, 3.8) is 0 Å². The lowest BCUT2D eigenvalue weighted by atomic mass is 9.97. The number of amides is 2. The van der Waals surface area contributed by atoms with E-state index in [4.69, 9.17) is 9.84 Å². The molecule has 3 aromatic rings. The van der Waals surface area contributed by atoms with Gasteiger partial charge < -0.3 is 25.2 Å². The predicted molar refractivity (Wildman–Crippen MR) is 133 cm³/mol. The summed E-state index contributed by atoms with van der Waals surface area (Å²) in [6, 6.07) is 18.2. The van der Waals surface area contributed by atoms with E-state index in [-0.39, 0.29) is 23.7 Å². The van der Waals surface area contributed by atoms with E-state index >= 15 is 0 Å². The van der Waals surface area contributed by atoms with Crippen molar-refractivity contribution in [1.29, 1.82) is 0 Å². The number of H-pyrrole nitrogens is 1. The molecule has 0 aliphatic heterocycles. The smallest absolute Gasteiger partial charge is 0.332 e. The van der Waals surface area contributed by atoms with Crippen LogP contribution in [0.4, 0.5) is 0 Å². The van der Waals surface area contributed by atoms with Gasteiger partial charge in [0.15, 0.2) is 11.8 Å². The van der Waals surface area contributed by atoms with Crippen LogP contribution >= 0.6 is 0 Å². The number of aromatic nitrogens is 2. The first kappa shape index (κ1) is 26.6. The first-order valence-electron chi connectivity index (χ1n) is 11.4. The van der Waals surface area contributed by atoms with E-state index in [9.17, 15) is 19.5 Å². The normalized spacial score (nSPS) is 12.5. The van der Waals surface area contributed by atoms with Crippen LogP contribution in [0.3, 0.4) is 0 Å². The molecule has 0 spiro atoms. The van der Waals surface area contributed by atoms with Crippen LogP contribution in [-0.4, -0.2) is 82.5 Å². The van der Waals surface area contributed by atoms with Gasteiger partial charge in [0.05, 0.1) is 6.61 Å². The van der Waals surface area contributed by atoms with Crippen molar-refractivity contribution in [3.8, 4) is 11.1 Å². The molecule has 0 saturated heterocycles. The summed E-state index contributed by atoms with van der Waals surface area (Å²) in [4.78, 5) is 38.0. The number of benzene rings is 2. The number of methoxy groups -OCH3 is 1. The molecule has 2 atom stereocenters. The number of aliphatic hydroxyl groups excluding tert-OH is 1. The zero-order valence-corrected chi connectivity index (χ0v) is 20.2. The Balaban J connectivity index is 1.70. The predicted octanol–water partition coefficient (Wildman–Crippen LogP) is 1.97. The Bertz CT molecular complexity index is 1160. The number of nitrogens with zero attached hydrogens (tertiary/aromatic N) is 2. The van der Waals surface area contributed by atoms with E-state index in [0.717, 1.165) is 16.7 Å². The number of carbonyl (C=O) groups is 3. The molecule has 2 amide bonds. The molecule has 4 N–H and O–H groups in total. The summed E-state index contributed by atoms with van der Waals surface area (Å²) in [5, 5.41) is 28.3. The average molecular weight is 495 g/mol. The van der Waals surface area contributed by atoms with E-state index in [0.29, 0.717) is 19.6 Å². The SMILES string of the molecule is COCCN(C)C(=O)c1cc(C(=O)N[C@H](Cc2ccc(-c3ccccc3)cc2)CC(O)C(=O)O)n[nH]1. The van der Waals surface area contributed by atoms with Crippen LogP contribution in [-0.2, 0) is 16.0 Å². The van der Waals surface area contributed by atoms with Crippen molar-refractivity contribution in [2.75, 3.05) is 27.3 Å². The molecule has 10 heteroatoms. The maximum atomic E-state index is 12.8. The first-order chi connectivity index (χ1) is 17.3. The zero-order chi connectivity index (χ0) is 26.1. The molecule has 190 valence electrons. The highest BCUT2D eigenvalue weighted by Crippen LogP contribution is 2.20. The number of carboxylic acid groups (broad SMARTS) is 1. The van der Waals surface area contributed by atoms with Gasteiger partial charge in [-0.05, 0) is 23.1 Å². The van der Waals surface area contributed by atoms with Crippen LogP contribution in [0, 0.1) is 0 Å². The Morgan fingerprint density at radius 3 is 2.39 bits per heavy atom. The van der Waals surface area contributed by atoms with E-state index in [1.807, 2.05) is 54.6 Å². The van der Waals surface area contributed by atoms with Gasteiger partial charge in [-0.25, -0.2) is 4.79 Å². The molecule has 3 rings (SSSR count). The number of hydrogen-bond donors (Lipinski definition) is 4. The summed E-state index contributed by atoms with van der Waals surface area (Å²) in [6.07, 6.45) is -1.55. The molecule has 1 heterocycles. The Morgan fingerprint density at radius 1 is 1.08 bits per heavy atom. The number of rotatable bonds is 12. The third-order valence-electron chi connectivity index (χ3n) is 5.69. The van der Waals surface area contributed by atoms with Crippen molar-refractivity contribution in [1.82, 2.24) is 20.4 Å². The van der Waals surface area contributed by atoms with Crippen LogP contribution < -0.4 is 5.32 Å². The number of aliphatic carboxylic acids is 1. The Kier molecular flexibility index (Phi) is 9.32. The minimum atomic E-state index is -1.65. The van der Waals surface area contributed by atoms with Crippen LogP contribution in [0.15, 0.2) is 60.7 Å². The second-order valence-electron chi connectivity index (χ2n) is 8.41. The van der Waals surface area contributed by atoms with Gasteiger partial charge >= 0.3 is 5.97 Å². The van der Waals surface area contributed by atoms with Crippen molar-refractivity contribution in [2.24, 2.45) is 0 Å². The number of nitrogens with one attached hydrogen (secondary N) is 2. The van der Waals surface area contributed by atoms with Crippen molar-refractivity contribution in [2.45, 2.75) is 25.0 Å². The van der Waals surface area contributed by atoms with Crippen LogP contribution in [0.5, 0.6) is 0 Å². The quantitative estimate of drug-likeness (QED) is 0.301. The van der Waals surface area contributed by atoms with Gasteiger partial charge in [0.2, 0.25) is 0 Å². The van der Waals surface area contributed by atoms with Gasteiger partial charge in [0.1, 0.15) is 5.69 Å². The summed E-state index contributed by atoms with van der Waals surface area (Å²) in [7, 11) is 3.14. The van der Waals surface area contributed by atoms with E-state index in [2.05, 4.69) is 15.5 Å². The highest BCUT2D eigenvalue weighted by Gasteiger charge is 2.24. The van der Waals surface area contributed by atoms with Gasteiger partial charge in [0, 0.05) is 39.2 Å². The largest absolute Gasteiger partial charge is 0.479 e. The maximum Gasteiger partial charge on any atom is 0.332 e. The molecule has 0 saturated carbocycles. The minimum Gasteiger partial charge on any atom is -0.479 e. The summed E-state index contributed by atoms with van der Waals surface area (Å²) in [5.41, 5.74) is 3.06. The van der Waals surface area contributed by atoms with Gasteiger partial charge in [-0.1, -0.05) is 54.6 Å². The second-order valence-corrected chi connectivity index (χ2v) is 8.41. The number of ether oxygens (including phenoxy) is 1. The van der Waals surface area contributed by atoms with Crippen molar-refractivity contribution in [3.05, 3.63) is 77.6 Å². The number of hydrogen-bond acceptors (Lipinski definition) is 6. The molecule has 0 aliphatic rings. The molecular weight excluding hydrogens is 464 g/mol. The minimum absolute atomic E-state index is 0.0206. The molecule has 10 nitrogen and oxygen atoms in total. The average Bonchev–Trinajstić information content (AvgIpc) is 3.38. The van der Waals surface area contributed by atoms with Gasteiger partial charge in [-0.3, -0.25) is 14.7 Å². The number of likely N-dealkylation sites (N-methyl/N-ethyl adjacent to an activating group) is 1. The molecule has 0 fully saturated rings. The first-order valence-corrected chi connectivity index (χ1v) is 11.4. The van der Waals surface area contributed by atoms with E-state index in [1.165, 1.54) is 18.1 Å². The van der Waals surface area contributed by atoms with Crippen LogP contribution in [0.1, 0.15) is 33.0 Å². The highest BCUT2D eigenvalue weighted by atomic mass is 16.5. The maximum absolute atomic E-state index is 12.8. The fraction of sp³-hybridized carbons (Fsp3) is 0.308. The summed E-state index contributed by atoms with van der Waals surface area (Å²) >= 11 is 0. The molecule has 1 aromatic heterocycles. The van der Waals surface area contributed by atoms with Gasteiger partial charge in [0.25, 0.3) is 11.8 Å². The fourth-order valence-corrected chi connectivity index (χ4v) is 3.65. The zero-order valence-electron chi connectivity index (χ0n) is 20.2. The van der Waals surface area contributed by atoms with Gasteiger partial charge in [-0.15, -0.1) is 0 Å². The Labute approximate surface area is 208 Å². The summed E-state index contributed by atoms with van der Waals surface area (Å²) < 4.78 is 4.97. The molecule has 1 unspecified atom stereocenters. The molecule has 2 aromatic carbocycles. The molecule has 0 bridgehead atoms. The van der Waals surface area contributed by atoms with Crippen LogP contribution in [0.2, 0.25) is 0 Å². The fourth-order valence-electron chi connectivity index (χ4n) is 3.65. The van der Waals surface area contributed by atoms with E-state index < -0.39 is 24.0 Å². The summed E-state index contributed by atoms with van der Waals surface area (Å²) in [6.45, 7) is 0.734. The molecule has 0 aliphatic carbocycles. The number of aliphatic hydroxyl groups is 1. The number of carbonyl (C=O) groups excluding carboxylic acids is 2. The second kappa shape index (κ2) is 12.6. The number of aromatic amines is 1. The van der Waals surface area contributed by atoms with Gasteiger partial charge in [-0.2, -0.15) is 5.10 Å². The Hall–Kier alpha value is -4.02. The lowest BCUT2D eigenvalue weighted by molar-refractivity contribution is -0.147. The highest BCUT2D eigenvalue weighted by molar-refractivity contribution is 5.97. The third kappa shape index (κ3) is 7.24. The van der Waals surface area contributed by atoms with Crippen LogP contribution in [0.25, 0.3) is 11.1 Å². The third-order valence-corrected chi connectivity index (χ3v) is 5.69. The van der Waals surface area contributed by atoms with Crippen molar-refractivity contribution < 1.29 is 29.3 Å². The summed E-state index contributed by atoms with van der Waals surface area (Å²) in [5.74, 6) is -2.32. The standard InChI is InChI=1S/C26H30N4O6/c1-30(12-13-36-2)25(33)22-16-21(28-29-22)24(32)27-20(15-23(31)26(34)35)14-17-8-10-19(11-9-17)18-6-4-3-5-7-18/h3-11,16,20,23,31H,12-15H2,1-2H3,(H,27,32)(H,28,29)(H,34,35)/t20-,23?/m1/s1. The lowest BCUT2D eigenvalue weighted by Crippen LogP contribution is -2.40. The van der Waals surface area contributed by atoms with E-state index in [1.54, 1.807) is 7.05 Å². The lowest BCUT2D eigenvalue weighted by Gasteiger charge is -2.20. The molecule has 36 heavy (non-hydrogen) atoms. The topological polar surface area (TPSA) is 145 Å². The Morgan fingerprint density at radius 2 is 1.75 bits per heavy atom. The van der Waals surface area contributed by atoms with Crippen molar-refractivity contribution >= 4 is 17.8 Å². The number of carboxylic acids is 1. The monoisotopic (exact) mass is 494 g/mol. The molecular formula is C26H30N4O6. The molecule has 0 radical (unpaired) electrons.